The molecule has 0 atom stereocenters. The summed E-state index contributed by atoms with van der Waals surface area (Å²) in [5, 5.41) is 2.49. The summed E-state index contributed by atoms with van der Waals surface area (Å²) in [5.74, 6) is -1.46. The van der Waals surface area contributed by atoms with Gasteiger partial charge in [-0.2, -0.15) is 0 Å². The van der Waals surface area contributed by atoms with E-state index in [1.165, 1.54) is 17.2 Å². The van der Waals surface area contributed by atoms with Crippen LogP contribution in [-0.4, -0.2) is 51.0 Å². The Hall–Kier alpha value is -2.77. The number of carbonyl (C=O) groups excluding carboxylic acids is 3. The summed E-state index contributed by atoms with van der Waals surface area (Å²) < 4.78 is 15.4. The van der Waals surface area contributed by atoms with Crippen LogP contribution in [0, 0.1) is 0 Å². The molecule has 1 aliphatic carbocycles. The lowest BCUT2D eigenvalue weighted by Crippen LogP contribution is -2.29. The molecule has 0 aromatic heterocycles. The van der Waals surface area contributed by atoms with E-state index in [9.17, 15) is 14.4 Å². The van der Waals surface area contributed by atoms with Crippen LogP contribution >= 0.6 is 0 Å². The molecule has 7 heteroatoms. The summed E-state index contributed by atoms with van der Waals surface area (Å²) in [6.07, 6.45) is 11.7. The van der Waals surface area contributed by atoms with Crippen molar-refractivity contribution >= 4 is 17.5 Å². The lowest BCUT2D eigenvalue weighted by molar-refractivity contribution is -0.120. The molecule has 1 amide bonds. The highest BCUT2D eigenvalue weighted by atomic mass is 16.5. The van der Waals surface area contributed by atoms with Gasteiger partial charge in [-0.15, -0.1) is 0 Å². The molecular weight excluding hydrogens is 422 g/mol. The van der Waals surface area contributed by atoms with Gasteiger partial charge in [0.1, 0.15) is 6.61 Å². The number of allylic oxidation sites excluding steroid dienone is 7. The summed E-state index contributed by atoms with van der Waals surface area (Å²) in [6, 6.07) is 0. The van der Waals surface area contributed by atoms with Gasteiger partial charge in [0.25, 0.3) is 0 Å². The third kappa shape index (κ3) is 12.7. The molecule has 0 aromatic rings. The van der Waals surface area contributed by atoms with Crippen LogP contribution in [0.25, 0.3) is 0 Å². The smallest absolute Gasteiger partial charge is 0.248 e. The zero-order chi connectivity index (χ0) is 24.6. The van der Waals surface area contributed by atoms with E-state index in [-0.39, 0.29) is 24.7 Å². The van der Waals surface area contributed by atoms with Gasteiger partial charge < -0.3 is 19.5 Å². The first-order valence-corrected chi connectivity index (χ1v) is 11.2. The maximum absolute atomic E-state index is 12.3. The zero-order valence-electron chi connectivity index (χ0n) is 20.5. The number of rotatable bonds is 15. The van der Waals surface area contributed by atoms with E-state index in [0.29, 0.717) is 13.2 Å². The molecule has 0 spiro atoms. The molecule has 1 rings (SSSR count). The van der Waals surface area contributed by atoms with Gasteiger partial charge in [0.15, 0.2) is 5.76 Å². The van der Waals surface area contributed by atoms with Gasteiger partial charge in [0.05, 0.1) is 25.5 Å². The average Bonchev–Trinajstić information content (AvgIpc) is 2.73. The normalized spacial score (nSPS) is 14.6. The summed E-state index contributed by atoms with van der Waals surface area (Å²) in [4.78, 5) is 36.7. The molecule has 1 N–H and O–H groups in total. The Morgan fingerprint density at radius 3 is 2.24 bits per heavy atom. The number of amides is 1. The van der Waals surface area contributed by atoms with Gasteiger partial charge in [0, 0.05) is 25.3 Å². The van der Waals surface area contributed by atoms with Gasteiger partial charge in [-0.3, -0.25) is 14.4 Å². The average molecular weight is 460 g/mol. The minimum atomic E-state index is -0.487. The summed E-state index contributed by atoms with van der Waals surface area (Å²) >= 11 is 0. The van der Waals surface area contributed by atoms with Crippen molar-refractivity contribution in [3.05, 3.63) is 58.6 Å². The van der Waals surface area contributed by atoms with Crippen molar-refractivity contribution in [1.82, 2.24) is 5.32 Å². The molecule has 0 saturated carbocycles. The number of ketones is 2. The van der Waals surface area contributed by atoms with E-state index in [2.05, 4.69) is 38.2 Å². The summed E-state index contributed by atoms with van der Waals surface area (Å²) in [5.41, 5.74) is 3.48. The van der Waals surface area contributed by atoms with E-state index < -0.39 is 17.5 Å². The van der Waals surface area contributed by atoms with Crippen LogP contribution in [0.2, 0.25) is 0 Å². The van der Waals surface area contributed by atoms with Crippen LogP contribution in [0.5, 0.6) is 0 Å². The van der Waals surface area contributed by atoms with Crippen molar-refractivity contribution in [2.75, 3.05) is 33.5 Å². The fraction of sp³-hybridized carbons (Fsp3) is 0.500. The van der Waals surface area contributed by atoms with E-state index >= 15 is 0 Å². The largest absolute Gasteiger partial charge is 0.487 e. The highest BCUT2D eigenvalue weighted by Gasteiger charge is 2.22. The van der Waals surface area contributed by atoms with E-state index in [1.807, 2.05) is 6.92 Å². The maximum Gasteiger partial charge on any atom is 0.248 e. The minimum Gasteiger partial charge on any atom is -0.487 e. The van der Waals surface area contributed by atoms with Gasteiger partial charge in [-0.25, -0.2) is 0 Å². The Kier molecular flexibility index (Phi) is 13.7. The quantitative estimate of drug-likeness (QED) is 0.171. The minimum absolute atomic E-state index is 0.0623. The molecule has 0 fully saturated rings. The highest BCUT2D eigenvalue weighted by Crippen LogP contribution is 2.13. The van der Waals surface area contributed by atoms with Crippen molar-refractivity contribution in [3.8, 4) is 0 Å². The van der Waals surface area contributed by atoms with Crippen LogP contribution < -0.4 is 5.32 Å². The van der Waals surface area contributed by atoms with Crippen LogP contribution in [-0.2, 0) is 28.6 Å². The molecule has 0 radical (unpaired) electrons. The molecule has 182 valence electrons. The van der Waals surface area contributed by atoms with Crippen molar-refractivity contribution in [2.45, 2.75) is 53.4 Å². The number of nitrogens with one attached hydrogen (secondary N) is 1. The summed E-state index contributed by atoms with van der Waals surface area (Å²) in [7, 11) is 1.57. The number of carbonyl (C=O) groups is 3. The molecular formula is C26H37NO6. The van der Waals surface area contributed by atoms with E-state index in [1.54, 1.807) is 7.11 Å². The Bertz CT molecular complexity index is 841. The Morgan fingerprint density at radius 2 is 1.55 bits per heavy atom. The molecule has 1 aliphatic rings. The zero-order valence-corrected chi connectivity index (χ0v) is 20.5. The molecule has 0 aliphatic heterocycles. The number of hydrogen-bond acceptors (Lipinski definition) is 6. The van der Waals surface area contributed by atoms with E-state index in [4.69, 9.17) is 14.2 Å². The first-order valence-electron chi connectivity index (χ1n) is 11.2. The molecule has 0 unspecified atom stereocenters. The second kappa shape index (κ2) is 15.9. The lowest BCUT2D eigenvalue weighted by atomic mass is 10.1. The highest BCUT2D eigenvalue weighted by molar-refractivity contribution is 6.20. The van der Waals surface area contributed by atoms with Crippen LogP contribution in [0.1, 0.15) is 53.4 Å². The van der Waals surface area contributed by atoms with Gasteiger partial charge >= 0.3 is 0 Å². The second-order valence-electron chi connectivity index (χ2n) is 8.14. The van der Waals surface area contributed by atoms with Gasteiger partial charge in [0.2, 0.25) is 17.5 Å². The fourth-order valence-corrected chi connectivity index (χ4v) is 2.91. The monoisotopic (exact) mass is 459 g/mol. The van der Waals surface area contributed by atoms with Crippen LogP contribution in [0.4, 0.5) is 0 Å². The molecule has 7 nitrogen and oxygen atoms in total. The molecule has 0 heterocycles. The molecule has 0 saturated heterocycles. The van der Waals surface area contributed by atoms with Crippen molar-refractivity contribution < 1.29 is 28.6 Å². The summed E-state index contributed by atoms with van der Waals surface area (Å²) in [6.45, 7) is 9.46. The molecule has 0 bridgehead atoms. The number of ether oxygens (including phenoxy) is 3. The Labute approximate surface area is 197 Å². The third-order valence-corrected chi connectivity index (χ3v) is 4.72. The van der Waals surface area contributed by atoms with Crippen molar-refractivity contribution in [1.29, 1.82) is 0 Å². The fourth-order valence-electron chi connectivity index (χ4n) is 2.91. The standard InChI is InChI=1S/C26H37NO6/c1-19(2)8-6-9-20(3)10-7-11-21(4)16-26(30)27-22-17-24(29)25(18-23(22)28)33-15-14-32-13-12-31-5/h8,10,16-18H,6-7,9,11-15H2,1-5H3,(H,27,30). The number of hydrogen-bond donors (Lipinski definition) is 1. The number of methoxy groups -OCH3 is 1. The van der Waals surface area contributed by atoms with E-state index in [0.717, 1.165) is 43.4 Å². The van der Waals surface area contributed by atoms with Crippen molar-refractivity contribution in [2.24, 2.45) is 0 Å². The first-order chi connectivity index (χ1) is 15.7. The first kappa shape index (κ1) is 28.3. The Balaban J connectivity index is 2.46. The topological polar surface area (TPSA) is 90.9 Å². The predicted molar refractivity (Wildman–Crippen MR) is 128 cm³/mol. The van der Waals surface area contributed by atoms with Crippen molar-refractivity contribution in [3.63, 3.8) is 0 Å². The third-order valence-electron chi connectivity index (χ3n) is 4.72. The maximum atomic E-state index is 12.3. The lowest BCUT2D eigenvalue weighted by Gasteiger charge is -2.14. The molecule has 33 heavy (non-hydrogen) atoms. The van der Waals surface area contributed by atoms with Crippen LogP contribution in [0.15, 0.2) is 58.6 Å². The second-order valence-corrected chi connectivity index (χ2v) is 8.14. The molecule has 0 aromatic carbocycles. The SMILES string of the molecule is COCCOCCOC1=CC(=O)C(NC(=O)C=C(C)CCC=C(C)CCC=C(C)C)=CC1=O. The van der Waals surface area contributed by atoms with Crippen LogP contribution in [0.3, 0.4) is 0 Å². The predicted octanol–water partition coefficient (Wildman–Crippen LogP) is 4.12. The van der Waals surface area contributed by atoms with Gasteiger partial charge in [-0.05, 0) is 53.4 Å². The van der Waals surface area contributed by atoms with Gasteiger partial charge in [-0.1, -0.05) is 28.9 Å². The Morgan fingerprint density at radius 1 is 0.879 bits per heavy atom.